The maximum Gasteiger partial charge on any atom is 0.128 e. The van der Waals surface area contributed by atoms with Crippen molar-refractivity contribution in [1.82, 2.24) is 10.3 Å². The first-order chi connectivity index (χ1) is 9.73. The van der Waals surface area contributed by atoms with Gasteiger partial charge in [-0.05, 0) is 31.4 Å². The van der Waals surface area contributed by atoms with Crippen LogP contribution in [0.25, 0.3) is 0 Å². The van der Waals surface area contributed by atoms with Crippen LogP contribution in [0.1, 0.15) is 26.2 Å². The van der Waals surface area contributed by atoms with E-state index in [1.165, 1.54) is 0 Å². The van der Waals surface area contributed by atoms with Crippen LogP contribution in [0.3, 0.4) is 0 Å². The summed E-state index contributed by atoms with van der Waals surface area (Å²) >= 11 is 0. The maximum absolute atomic E-state index is 9.49. The van der Waals surface area contributed by atoms with Crippen molar-refractivity contribution in [3.05, 3.63) is 24.4 Å². The highest BCUT2D eigenvalue weighted by molar-refractivity contribution is 5.38. The quantitative estimate of drug-likeness (QED) is 0.718. The summed E-state index contributed by atoms with van der Waals surface area (Å²) in [6, 6.07) is 6.31. The average molecular weight is 279 g/mol. The van der Waals surface area contributed by atoms with Crippen molar-refractivity contribution in [3.63, 3.8) is 0 Å². The van der Waals surface area contributed by atoms with Crippen molar-refractivity contribution >= 4 is 5.82 Å². The number of nitrogens with zero attached hydrogens (tertiary/aromatic N) is 2. The standard InChI is InChI=1S/C15H25N3O2/c1-2-15(11-19,12-20)17-13-6-9-18(10-7-13)14-5-3-4-8-16-14/h3-5,8,13,17,19-20H,2,6-7,9-12H2,1H3. The van der Waals surface area contributed by atoms with Gasteiger partial charge in [-0.25, -0.2) is 4.98 Å². The van der Waals surface area contributed by atoms with Gasteiger partial charge >= 0.3 is 0 Å². The van der Waals surface area contributed by atoms with Gasteiger partial charge in [-0.3, -0.25) is 0 Å². The lowest BCUT2D eigenvalue weighted by Crippen LogP contribution is -2.57. The number of aliphatic hydroxyl groups is 2. The summed E-state index contributed by atoms with van der Waals surface area (Å²) in [5, 5.41) is 22.4. The van der Waals surface area contributed by atoms with Crippen molar-refractivity contribution < 1.29 is 10.2 Å². The molecular weight excluding hydrogens is 254 g/mol. The molecule has 0 spiro atoms. The van der Waals surface area contributed by atoms with Gasteiger partial charge in [0.2, 0.25) is 0 Å². The average Bonchev–Trinajstić information content (AvgIpc) is 2.54. The first-order valence-corrected chi connectivity index (χ1v) is 7.38. The normalized spacial score (nSPS) is 17.4. The third-order valence-electron chi connectivity index (χ3n) is 4.26. The molecule has 0 bridgehead atoms. The molecule has 2 heterocycles. The van der Waals surface area contributed by atoms with Crippen molar-refractivity contribution in [3.8, 4) is 0 Å². The summed E-state index contributed by atoms with van der Waals surface area (Å²) in [4.78, 5) is 6.66. The fourth-order valence-corrected chi connectivity index (χ4v) is 2.69. The summed E-state index contributed by atoms with van der Waals surface area (Å²) in [5.41, 5.74) is -0.544. The van der Waals surface area contributed by atoms with E-state index in [0.29, 0.717) is 6.04 Å². The Labute approximate surface area is 120 Å². The van der Waals surface area contributed by atoms with Crippen LogP contribution < -0.4 is 10.2 Å². The predicted molar refractivity (Wildman–Crippen MR) is 79.8 cm³/mol. The van der Waals surface area contributed by atoms with Crippen molar-refractivity contribution in [2.24, 2.45) is 0 Å². The Morgan fingerprint density at radius 3 is 2.50 bits per heavy atom. The summed E-state index contributed by atoms with van der Waals surface area (Å²) in [6.07, 6.45) is 4.54. The first-order valence-electron chi connectivity index (χ1n) is 7.38. The molecular formula is C15H25N3O2. The molecule has 0 saturated carbocycles. The molecule has 0 unspecified atom stereocenters. The molecule has 0 radical (unpaired) electrons. The lowest BCUT2D eigenvalue weighted by molar-refractivity contribution is 0.0742. The van der Waals surface area contributed by atoms with E-state index >= 15 is 0 Å². The molecule has 5 nitrogen and oxygen atoms in total. The zero-order valence-electron chi connectivity index (χ0n) is 12.1. The fourth-order valence-electron chi connectivity index (χ4n) is 2.69. The van der Waals surface area contributed by atoms with Crippen LogP contribution in [0.4, 0.5) is 5.82 Å². The van der Waals surface area contributed by atoms with Crippen LogP contribution in [0.5, 0.6) is 0 Å². The van der Waals surface area contributed by atoms with Crippen LogP contribution in [0, 0.1) is 0 Å². The van der Waals surface area contributed by atoms with Gasteiger partial charge < -0.3 is 20.4 Å². The molecule has 112 valence electrons. The molecule has 0 atom stereocenters. The summed E-state index contributed by atoms with van der Waals surface area (Å²) in [5.74, 6) is 1.03. The number of piperidine rings is 1. The number of hydrogen-bond acceptors (Lipinski definition) is 5. The SMILES string of the molecule is CCC(CO)(CO)NC1CCN(c2ccccn2)CC1. The summed E-state index contributed by atoms with van der Waals surface area (Å²) < 4.78 is 0. The van der Waals surface area contributed by atoms with Gasteiger partial charge in [0.25, 0.3) is 0 Å². The highest BCUT2D eigenvalue weighted by Gasteiger charge is 2.31. The summed E-state index contributed by atoms with van der Waals surface area (Å²) in [6.45, 7) is 3.83. The van der Waals surface area contributed by atoms with E-state index in [-0.39, 0.29) is 13.2 Å². The third kappa shape index (κ3) is 3.48. The molecule has 0 aromatic carbocycles. The number of hydrogen-bond donors (Lipinski definition) is 3. The zero-order chi connectivity index (χ0) is 14.4. The Bertz CT molecular complexity index is 379. The number of aliphatic hydroxyl groups excluding tert-OH is 2. The second-order valence-corrected chi connectivity index (χ2v) is 5.54. The molecule has 1 fully saturated rings. The van der Waals surface area contributed by atoms with Gasteiger partial charge in [0.05, 0.1) is 18.8 Å². The molecule has 1 saturated heterocycles. The Kier molecular flexibility index (Phi) is 5.34. The molecule has 20 heavy (non-hydrogen) atoms. The number of anilines is 1. The molecule has 5 heteroatoms. The molecule has 0 aliphatic carbocycles. The van der Waals surface area contributed by atoms with Crippen molar-refractivity contribution in [1.29, 1.82) is 0 Å². The van der Waals surface area contributed by atoms with Crippen molar-refractivity contribution in [2.45, 2.75) is 37.8 Å². The highest BCUT2D eigenvalue weighted by atomic mass is 16.3. The van der Waals surface area contributed by atoms with Crippen LogP contribution >= 0.6 is 0 Å². The monoisotopic (exact) mass is 279 g/mol. The Morgan fingerprint density at radius 1 is 1.30 bits per heavy atom. The zero-order valence-corrected chi connectivity index (χ0v) is 12.1. The first kappa shape index (κ1) is 15.2. The highest BCUT2D eigenvalue weighted by Crippen LogP contribution is 2.20. The van der Waals surface area contributed by atoms with Gasteiger partial charge in [0.15, 0.2) is 0 Å². The smallest absolute Gasteiger partial charge is 0.128 e. The lowest BCUT2D eigenvalue weighted by Gasteiger charge is -2.39. The van der Waals surface area contributed by atoms with E-state index in [9.17, 15) is 10.2 Å². The minimum absolute atomic E-state index is 0.0273. The number of pyridine rings is 1. The fraction of sp³-hybridized carbons (Fsp3) is 0.667. The minimum Gasteiger partial charge on any atom is -0.394 e. The van der Waals surface area contributed by atoms with Crippen LogP contribution in [-0.2, 0) is 0 Å². The van der Waals surface area contributed by atoms with Gasteiger partial charge in [0, 0.05) is 25.3 Å². The van der Waals surface area contributed by atoms with Crippen molar-refractivity contribution in [2.75, 3.05) is 31.2 Å². The van der Waals surface area contributed by atoms with Gasteiger partial charge in [0.1, 0.15) is 5.82 Å². The van der Waals surface area contributed by atoms with E-state index in [2.05, 4.69) is 15.2 Å². The van der Waals surface area contributed by atoms with Crippen LogP contribution in [0.15, 0.2) is 24.4 Å². The molecule has 3 N–H and O–H groups in total. The number of rotatable bonds is 6. The topological polar surface area (TPSA) is 68.6 Å². The third-order valence-corrected chi connectivity index (χ3v) is 4.26. The van der Waals surface area contributed by atoms with Crippen LogP contribution in [-0.4, -0.2) is 53.1 Å². The van der Waals surface area contributed by atoms with E-state index < -0.39 is 5.54 Å². The van der Waals surface area contributed by atoms with E-state index in [1.54, 1.807) is 0 Å². The summed E-state index contributed by atoms with van der Waals surface area (Å²) in [7, 11) is 0. The van der Waals surface area contributed by atoms with Gasteiger partial charge in [-0.15, -0.1) is 0 Å². The van der Waals surface area contributed by atoms with E-state index in [4.69, 9.17) is 0 Å². The Morgan fingerprint density at radius 2 is 2.00 bits per heavy atom. The van der Waals surface area contributed by atoms with Crippen LogP contribution in [0.2, 0.25) is 0 Å². The minimum atomic E-state index is -0.544. The molecule has 1 aromatic rings. The molecule has 2 rings (SSSR count). The molecule has 0 amide bonds. The lowest BCUT2D eigenvalue weighted by atomic mass is 9.94. The Hall–Kier alpha value is -1.17. The largest absolute Gasteiger partial charge is 0.394 e. The number of nitrogens with one attached hydrogen (secondary N) is 1. The van der Waals surface area contributed by atoms with Gasteiger partial charge in [-0.2, -0.15) is 0 Å². The Balaban J connectivity index is 1.88. The predicted octanol–water partition coefficient (Wildman–Crippen LogP) is 0.773. The second kappa shape index (κ2) is 7.02. The second-order valence-electron chi connectivity index (χ2n) is 5.54. The van der Waals surface area contributed by atoms with E-state index in [0.717, 1.165) is 38.2 Å². The molecule has 1 aromatic heterocycles. The molecule has 1 aliphatic heterocycles. The van der Waals surface area contributed by atoms with E-state index in [1.807, 2.05) is 31.3 Å². The number of aromatic nitrogens is 1. The maximum atomic E-state index is 9.49. The van der Waals surface area contributed by atoms with Gasteiger partial charge in [-0.1, -0.05) is 13.0 Å². The molecule has 1 aliphatic rings.